The summed E-state index contributed by atoms with van der Waals surface area (Å²) in [5, 5.41) is 8.58. The van der Waals surface area contributed by atoms with Crippen molar-refractivity contribution < 1.29 is 9.90 Å². The number of carboxylic acids is 1. The average molecular weight is 185 g/mol. The van der Waals surface area contributed by atoms with Crippen LogP contribution in [0, 0.1) is 11.8 Å². The van der Waals surface area contributed by atoms with E-state index in [4.69, 9.17) is 10.8 Å². The summed E-state index contributed by atoms with van der Waals surface area (Å²) in [6.45, 7) is 4.49. The van der Waals surface area contributed by atoms with E-state index < -0.39 is 5.97 Å². The van der Waals surface area contributed by atoms with Crippen molar-refractivity contribution >= 4 is 5.97 Å². The van der Waals surface area contributed by atoms with Gasteiger partial charge in [-0.2, -0.15) is 0 Å². The normalized spacial score (nSPS) is 15.9. The van der Waals surface area contributed by atoms with Crippen molar-refractivity contribution in [2.24, 2.45) is 17.6 Å². The molecule has 0 aliphatic rings. The predicted molar refractivity (Wildman–Crippen MR) is 53.4 cm³/mol. The summed E-state index contributed by atoms with van der Waals surface area (Å²) in [4.78, 5) is 10.4. The standard InChI is InChI=1S/C10H19NO2/c1-3-4-8(2)5-9(7-11)6-10(12)13/h3-4,8-9H,5-7,11H2,1-2H3,(H,12,13)/b4-3-/t8?,9-/m0/s1. The van der Waals surface area contributed by atoms with E-state index in [1.807, 2.05) is 13.0 Å². The summed E-state index contributed by atoms with van der Waals surface area (Å²) in [6.07, 6.45) is 5.09. The molecule has 0 spiro atoms. The topological polar surface area (TPSA) is 63.3 Å². The Morgan fingerprint density at radius 3 is 2.62 bits per heavy atom. The van der Waals surface area contributed by atoms with E-state index in [9.17, 15) is 4.79 Å². The molecule has 76 valence electrons. The zero-order valence-electron chi connectivity index (χ0n) is 8.36. The minimum atomic E-state index is -0.761. The summed E-state index contributed by atoms with van der Waals surface area (Å²) < 4.78 is 0. The lowest BCUT2D eigenvalue weighted by molar-refractivity contribution is -0.138. The molecule has 0 bridgehead atoms. The van der Waals surface area contributed by atoms with Crippen LogP contribution in [0.5, 0.6) is 0 Å². The van der Waals surface area contributed by atoms with Gasteiger partial charge in [-0.15, -0.1) is 0 Å². The highest BCUT2D eigenvalue weighted by atomic mass is 16.4. The molecule has 3 heteroatoms. The Hall–Kier alpha value is -0.830. The van der Waals surface area contributed by atoms with Crippen molar-refractivity contribution in [1.82, 2.24) is 0 Å². The number of allylic oxidation sites excluding steroid dienone is 2. The fourth-order valence-corrected chi connectivity index (χ4v) is 1.44. The lowest BCUT2D eigenvalue weighted by Gasteiger charge is -2.14. The van der Waals surface area contributed by atoms with Gasteiger partial charge in [-0.05, 0) is 31.7 Å². The first kappa shape index (κ1) is 12.2. The Bertz CT molecular complexity index is 178. The van der Waals surface area contributed by atoms with Crippen LogP contribution >= 0.6 is 0 Å². The first-order valence-corrected chi connectivity index (χ1v) is 4.64. The summed E-state index contributed by atoms with van der Waals surface area (Å²) >= 11 is 0. The minimum absolute atomic E-state index is 0.101. The van der Waals surface area contributed by atoms with Gasteiger partial charge in [0.25, 0.3) is 0 Å². The monoisotopic (exact) mass is 185 g/mol. The van der Waals surface area contributed by atoms with Gasteiger partial charge in [0.1, 0.15) is 0 Å². The van der Waals surface area contributed by atoms with Gasteiger partial charge < -0.3 is 10.8 Å². The zero-order chi connectivity index (χ0) is 10.3. The molecule has 0 aromatic heterocycles. The quantitative estimate of drug-likeness (QED) is 0.618. The number of hydrogen-bond acceptors (Lipinski definition) is 2. The van der Waals surface area contributed by atoms with Crippen molar-refractivity contribution in [2.45, 2.75) is 26.7 Å². The van der Waals surface area contributed by atoms with Crippen LogP contribution in [0.4, 0.5) is 0 Å². The molecule has 0 aromatic rings. The highest BCUT2D eigenvalue weighted by molar-refractivity contribution is 5.67. The molecular formula is C10H19NO2. The highest BCUT2D eigenvalue weighted by Crippen LogP contribution is 2.15. The number of carbonyl (C=O) groups is 1. The smallest absolute Gasteiger partial charge is 0.303 e. The van der Waals surface area contributed by atoms with Crippen LogP contribution in [0.15, 0.2) is 12.2 Å². The largest absolute Gasteiger partial charge is 0.481 e. The number of hydrogen-bond donors (Lipinski definition) is 2. The molecule has 1 unspecified atom stereocenters. The Morgan fingerprint density at radius 2 is 2.23 bits per heavy atom. The number of aliphatic carboxylic acids is 1. The SMILES string of the molecule is C/C=C\C(C)C[C@H](CN)CC(=O)O. The molecule has 0 aliphatic carbocycles. The second kappa shape index (κ2) is 6.66. The Kier molecular flexibility index (Phi) is 6.24. The van der Waals surface area contributed by atoms with Gasteiger partial charge in [0.05, 0.1) is 0 Å². The molecule has 3 nitrogen and oxygen atoms in total. The van der Waals surface area contributed by atoms with Crippen LogP contribution < -0.4 is 5.73 Å². The van der Waals surface area contributed by atoms with E-state index in [0.29, 0.717) is 12.5 Å². The summed E-state index contributed by atoms with van der Waals surface area (Å²) in [5.74, 6) is -0.246. The van der Waals surface area contributed by atoms with Crippen LogP contribution in [-0.2, 0) is 4.79 Å². The Labute approximate surface area is 79.6 Å². The maximum atomic E-state index is 10.4. The molecule has 2 atom stereocenters. The first-order chi connectivity index (χ1) is 6.10. The second-order valence-electron chi connectivity index (χ2n) is 3.44. The molecule has 0 saturated heterocycles. The second-order valence-corrected chi connectivity index (χ2v) is 3.44. The third-order valence-electron chi connectivity index (χ3n) is 2.02. The summed E-state index contributed by atoms with van der Waals surface area (Å²) in [5.41, 5.74) is 5.48. The van der Waals surface area contributed by atoms with Crippen molar-refractivity contribution in [1.29, 1.82) is 0 Å². The molecular weight excluding hydrogens is 166 g/mol. The zero-order valence-corrected chi connectivity index (χ0v) is 8.36. The Balaban J connectivity index is 3.89. The van der Waals surface area contributed by atoms with Crippen molar-refractivity contribution in [3.05, 3.63) is 12.2 Å². The molecule has 3 N–H and O–H groups in total. The predicted octanol–water partition coefficient (Wildman–Crippen LogP) is 1.64. The van der Waals surface area contributed by atoms with Crippen LogP contribution in [-0.4, -0.2) is 17.6 Å². The maximum Gasteiger partial charge on any atom is 0.303 e. The summed E-state index contributed by atoms with van der Waals surface area (Å²) in [6, 6.07) is 0. The van der Waals surface area contributed by atoms with Gasteiger partial charge in [0.15, 0.2) is 0 Å². The van der Waals surface area contributed by atoms with Crippen LogP contribution in [0.1, 0.15) is 26.7 Å². The van der Waals surface area contributed by atoms with E-state index >= 15 is 0 Å². The van der Waals surface area contributed by atoms with Gasteiger partial charge in [0, 0.05) is 6.42 Å². The molecule has 0 aliphatic heterocycles. The first-order valence-electron chi connectivity index (χ1n) is 4.64. The molecule has 0 rings (SSSR count). The molecule has 13 heavy (non-hydrogen) atoms. The molecule has 0 heterocycles. The van der Waals surface area contributed by atoms with E-state index in [1.54, 1.807) is 0 Å². The molecule has 0 saturated carbocycles. The van der Waals surface area contributed by atoms with E-state index in [0.717, 1.165) is 6.42 Å². The third-order valence-corrected chi connectivity index (χ3v) is 2.02. The average Bonchev–Trinajstić information content (AvgIpc) is 2.02. The lowest BCUT2D eigenvalue weighted by atomic mass is 9.93. The molecule has 0 aromatic carbocycles. The fraction of sp³-hybridized carbons (Fsp3) is 0.700. The van der Waals surface area contributed by atoms with Gasteiger partial charge in [-0.3, -0.25) is 4.79 Å². The van der Waals surface area contributed by atoms with Crippen LogP contribution in [0.25, 0.3) is 0 Å². The van der Waals surface area contributed by atoms with Crippen molar-refractivity contribution in [3.63, 3.8) is 0 Å². The van der Waals surface area contributed by atoms with Crippen molar-refractivity contribution in [2.75, 3.05) is 6.54 Å². The third kappa shape index (κ3) is 6.34. The van der Waals surface area contributed by atoms with Crippen LogP contribution in [0.2, 0.25) is 0 Å². The molecule has 0 amide bonds. The van der Waals surface area contributed by atoms with E-state index in [-0.39, 0.29) is 12.3 Å². The lowest BCUT2D eigenvalue weighted by Crippen LogP contribution is -2.19. The van der Waals surface area contributed by atoms with Crippen LogP contribution in [0.3, 0.4) is 0 Å². The number of nitrogens with two attached hydrogens (primary N) is 1. The minimum Gasteiger partial charge on any atom is -0.481 e. The van der Waals surface area contributed by atoms with Gasteiger partial charge in [-0.25, -0.2) is 0 Å². The molecule has 0 fully saturated rings. The number of carboxylic acid groups (broad SMARTS) is 1. The number of rotatable bonds is 6. The van der Waals surface area contributed by atoms with Gasteiger partial charge in [-0.1, -0.05) is 19.1 Å². The fourth-order valence-electron chi connectivity index (χ4n) is 1.44. The molecule has 0 radical (unpaired) electrons. The van der Waals surface area contributed by atoms with E-state index in [1.165, 1.54) is 0 Å². The van der Waals surface area contributed by atoms with Crippen molar-refractivity contribution in [3.8, 4) is 0 Å². The van der Waals surface area contributed by atoms with Gasteiger partial charge in [0.2, 0.25) is 0 Å². The maximum absolute atomic E-state index is 10.4. The van der Waals surface area contributed by atoms with Gasteiger partial charge >= 0.3 is 5.97 Å². The Morgan fingerprint density at radius 1 is 1.62 bits per heavy atom. The summed E-state index contributed by atoms with van der Waals surface area (Å²) in [7, 11) is 0. The van der Waals surface area contributed by atoms with E-state index in [2.05, 4.69) is 13.0 Å². The highest BCUT2D eigenvalue weighted by Gasteiger charge is 2.13.